The molecule has 11 nitrogen and oxygen atoms in total. The number of pyridine rings is 1. The van der Waals surface area contributed by atoms with E-state index >= 15 is 4.39 Å². The highest BCUT2D eigenvalue weighted by atomic mass is 19.1. The molecule has 214 valence electrons. The molecule has 12 heteroatoms. The second-order valence-corrected chi connectivity index (χ2v) is 9.04. The number of carboxylic acid groups (broad SMARTS) is 1. The number of fused-ring (bicyclic) bond motifs is 1. The summed E-state index contributed by atoms with van der Waals surface area (Å²) >= 11 is 0. The molecule has 0 fully saturated rings. The van der Waals surface area contributed by atoms with E-state index in [0.29, 0.717) is 28.1 Å². The number of anilines is 1. The summed E-state index contributed by atoms with van der Waals surface area (Å²) in [6.45, 7) is 1.74. The third-order valence-corrected chi connectivity index (χ3v) is 6.50. The molecule has 3 aromatic carbocycles. The van der Waals surface area contributed by atoms with Crippen molar-refractivity contribution in [2.45, 2.75) is 20.0 Å². The Morgan fingerprint density at radius 1 is 1.02 bits per heavy atom. The fourth-order valence-electron chi connectivity index (χ4n) is 4.61. The van der Waals surface area contributed by atoms with Crippen molar-refractivity contribution in [3.63, 3.8) is 0 Å². The van der Waals surface area contributed by atoms with Crippen molar-refractivity contribution < 1.29 is 28.6 Å². The van der Waals surface area contributed by atoms with Crippen LogP contribution in [0.3, 0.4) is 0 Å². The molecule has 0 atom stereocenters. The zero-order chi connectivity index (χ0) is 29.8. The van der Waals surface area contributed by atoms with Crippen LogP contribution in [0.25, 0.3) is 16.6 Å². The molecule has 0 saturated carbocycles. The van der Waals surface area contributed by atoms with Gasteiger partial charge in [0.05, 0.1) is 30.6 Å². The number of benzene rings is 3. The van der Waals surface area contributed by atoms with Crippen LogP contribution >= 0.6 is 0 Å². The molecule has 0 radical (unpaired) electrons. The van der Waals surface area contributed by atoms with Crippen LogP contribution in [-0.4, -0.2) is 38.6 Å². The lowest BCUT2D eigenvalue weighted by molar-refractivity contribution is 0.102. The average molecular weight is 572 g/mol. The second-order valence-electron chi connectivity index (χ2n) is 9.04. The van der Waals surface area contributed by atoms with Crippen LogP contribution in [0, 0.1) is 5.82 Å². The SMILES string of the molecule is CCn1c(CNC(=O)O)c(C(=O)Nc2ccc(Oc3ccnc4cc(OC)ccc34)c(F)c2)c(=O)n1-c1ccccc1. The number of amides is 2. The van der Waals surface area contributed by atoms with Gasteiger partial charge in [-0.05, 0) is 49.4 Å². The molecule has 5 aromatic rings. The van der Waals surface area contributed by atoms with Gasteiger partial charge in [0.1, 0.15) is 17.1 Å². The zero-order valence-corrected chi connectivity index (χ0v) is 22.6. The predicted octanol–water partition coefficient (Wildman–Crippen LogP) is 5.17. The zero-order valence-electron chi connectivity index (χ0n) is 22.6. The van der Waals surface area contributed by atoms with Gasteiger partial charge < -0.3 is 25.2 Å². The molecule has 0 aliphatic rings. The number of carbonyl (C=O) groups excluding carboxylic acids is 1. The summed E-state index contributed by atoms with van der Waals surface area (Å²) in [5, 5.41) is 14.6. The van der Waals surface area contributed by atoms with Crippen LogP contribution in [0.5, 0.6) is 17.2 Å². The molecule has 0 unspecified atom stereocenters. The quantitative estimate of drug-likeness (QED) is 0.222. The minimum atomic E-state index is -1.32. The summed E-state index contributed by atoms with van der Waals surface area (Å²) in [5.74, 6) is -0.680. The van der Waals surface area contributed by atoms with E-state index in [9.17, 15) is 19.5 Å². The monoisotopic (exact) mass is 571 g/mol. The van der Waals surface area contributed by atoms with Crippen molar-refractivity contribution in [2.24, 2.45) is 0 Å². The number of hydrogen-bond donors (Lipinski definition) is 3. The number of para-hydroxylation sites is 1. The molecule has 0 aliphatic heterocycles. The Morgan fingerprint density at radius 3 is 2.50 bits per heavy atom. The van der Waals surface area contributed by atoms with Gasteiger partial charge in [0.25, 0.3) is 11.5 Å². The Bertz CT molecular complexity index is 1850. The van der Waals surface area contributed by atoms with Crippen molar-refractivity contribution in [3.8, 4) is 22.9 Å². The number of carbonyl (C=O) groups is 2. The first-order chi connectivity index (χ1) is 20.3. The third kappa shape index (κ3) is 5.50. The van der Waals surface area contributed by atoms with Crippen molar-refractivity contribution in [2.75, 3.05) is 12.4 Å². The fourth-order valence-corrected chi connectivity index (χ4v) is 4.61. The number of ether oxygens (including phenoxy) is 2. The molecular weight excluding hydrogens is 545 g/mol. The minimum absolute atomic E-state index is 0.0706. The van der Waals surface area contributed by atoms with E-state index in [4.69, 9.17) is 9.47 Å². The van der Waals surface area contributed by atoms with Gasteiger partial charge in [-0.25, -0.2) is 13.9 Å². The van der Waals surface area contributed by atoms with Crippen molar-refractivity contribution in [1.82, 2.24) is 19.7 Å². The second kappa shape index (κ2) is 11.8. The number of aromatic nitrogens is 3. The predicted molar refractivity (Wildman–Crippen MR) is 153 cm³/mol. The van der Waals surface area contributed by atoms with E-state index in [2.05, 4.69) is 15.6 Å². The standard InChI is InChI=1S/C30H26FN5O6/c1-3-35-24(17-33-30(39)40)27(29(38)36(35)19-7-5-4-6-8-19)28(37)34-18-9-12-26(22(31)15-18)42-25-13-14-32-23-16-20(41-2)10-11-21(23)25/h4-16,33H,3,17H2,1-2H3,(H,34,37)(H,39,40). The lowest BCUT2D eigenvalue weighted by atomic mass is 10.2. The van der Waals surface area contributed by atoms with Gasteiger partial charge in [-0.1, -0.05) is 18.2 Å². The molecule has 2 aromatic heterocycles. The van der Waals surface area contributed by atoms with Gasteiger partial charge in [0.2, 0.25) is 0 Å². The van der Waals surface area contributed by atoms with Crippen LogP contribution < -0.4 is 25.7 Å². The molecule has 2 heterocycles. The lowest BCUT2D eigenvalue weighted by Crippen LogP contribution is -2.26. The molecule has 42 heavy (non-hydrogen) atoms. The van der Waals surface area contributed by atoms with Gasteiger partial charge >= 0.3 is 6.09 Å². The van der Waals surface area contributed by atoms with E-state index in [1.165, 1.54) is 27.7 Å². The first kappa shape index (κ1) is 27.9. The van der Waals surface area contributed by atoms with Crippen LogP contribution in [0.2, 0.25) is 0 Å². The minimum Gasteiger partial charge on any atom is -0.497 e. The van der Waals surface area contributed by atoms with Crippen molar-refractivity contribution >= 4 is 28.6 Å². The highest BCUT2D eigenvalue weighted by Gasteiger charge is 2.26. The van der Waals surface area contributed by atoms with Crippen LogP contribution in [0.1, 0.15) is 23.0 Å². The lowest BCUT2D eigenvalue weighted by Gasteiger charge is -2.13. The Labute approximate surface area is 238 Å². The fraction of sp³-hybridized carbons (Fsp3) is 0.133. The Hall–Kier alpha value is -5.65. The summed E-state index contributed by atoms with van der Waals surface area (Å²) in [6, 6.07) is 19.3. The first-order valence-corrected chi connectivity index (χ1v) is 12.9. The summed E-state index contributed by atoms with van der Waals surface area (Å²) in [4.78, 5) is 42.5. The first-order valence-electron chi connectivity index (χ1n) is 12.9. The van der Waals surface area contributed by atoms with Gasteiger partial charge in [-0.3, -0.25) is 19.3 Å². The summed E-state index contributed by atoms with van der Waals surface area (Å²) in [6.07, 6.45) is 0.216. The maximum atomic E-state index is 15.2. The molecule has 2 amide bonds. The Kier molecular flexibility index (Phi) is 7.87. The van der Waals surface area contributed by atoms with Gasteiger partial charge in [-0.2, -0.15) is 0 Å². The molecular formula is C30H26FN5O6. The molecule has 0 bridgehead atoms. The van der Waals surface area contributed by atoms with Gasteiger partial charge in [-0.15, -0.1) is 0 Å². The van der Waals surface area contributed by atoms with Crippen LogP contribution in [0.4, 0.5) is 14.9 Å². The van der Waals surface area contributed by atoms with E-state index < -0.39 is 23.4 Å². The number of halogens is 1. The van der Waals surface area contributed by atoms with Gasteiger partial charge in [0.15, 0.2) is 11.6 Å². The molecule has 5 rings (SSSR count). The summed E-state index contributed by atoms with van der Waals surface area (Å²) in [7, 11) is 1.54. The Morgan fingerprint density at radius 2 is 1.81 bits per heavy atom. The average Bonchev–Trinajstić information content (AvgIpc) is 3.28. The topological polar surface area (TPSA) is 137 Å². The van der Waals surface area contributed by atoms with E-state index in [1.54, 1.807) is 68.6 Å². The van der Waals surface area contributed by atoms with E-state index in [0.717, 1.165) is 6.07 Å². The van der Waals surface area contributed by atoms with Gasteiger partial charge in [0, 0.05) is 35.9 Å². The number of methoxy groups -OCH3 is 1. The normalized spacial score (nSPS) is 10.8. The summed E-state index contributed by atoms with van der Waals surface area (Å²) in [5.41, 5.74) is 0.409. The van der Waals surface area contributed by atoms with Crippen LogP contribution in [0.15, 0.2) is 83.8 Å². The van der Waals surface area contributed by atoms with Crippen molar-refractivity contribution in [3.05, 3.63) is 106 Å². The summed E-state index contributed by atoms with van der Waals surface area (Å²) < 4.78 is 29.0. The largest absolute Gasteiger partial charge is 0.497 e. The molecule has 3 N–H and O–H groups in total. The molecule has 0 aliphatic carbocycles. The maximum Gasteiger partial charge on any atom is 0.404 e. The smallest absolute Gasteiger partial charge is 0.404 e. The highest BCUT2D eigenvalue weighted by Crippen LogP contribution is 2.33. The number of rotatable bonds is 9. The maximum absolute atomic E-state index is 15.2. The van der Waals surface area contributed by atoms with Crippen LogP contribution in [-0.2, 0) is 13.1 Å². The number of hydrogen-bond acceptors (Lipinski definition) is 6. The molecule has 0 saturated heterocycles. The third-order valence-electron chi connectivity index (χ3n) is 6.50. The van der Waals surface area contributed by atoms with Crippen molar-refractivity contribution in [1.29, 1.82) is 0 Å². The molecule has 0 spiro atoms. The van der Waals surface area contributed by atoms with E-state index in [1.807, 2.05) is 0 Å². The van der Waals surface area contributed by atoms with E-state index in [-0.39, 0.29) is 35.8 Å². The number of nitrogens with one attached hydrogen (secondary N) is 2. The highest BCUT2D eigenvalue weighted by molar-refractivity contribution is 6.05. The number of nitrogens with zero attached hydrogens (tertiary/aromatic N) is 3. The Balaban J connectivity index is 1.45.